The van der Waals surface area contributed by atoms with Crippen LogP contribution in [0.1, 0.15) is 6.92 Å². The average molecular weight is 374 g/mol. The van der Waals surface area contributed by atoms with E-state index in [4.69, 9.17) is 0 Å². The van der Waals surface area contributed by atoms with E-state index < -0.39 is 22.7 Å². The van der Waals surface area contributed by atoms with E-state index in [1.54, 1.807) is 20.0 Å². The van der Waals surface area contributed by atoms with Crippen LogP contribution in [0.4, 0.5) is 21.5 Å². The topological polar surface area (TPSA) is 105 Å². The number of hydrogen-bond acceptors (Lipinski definition) is 5. The van der Waals surface area contributed by atoms with Gasteiger partial charge < -0.3 is 10.6 Å². The molecule has 0 unspecified atom stereocenters. The molecular formula is C18H19FN4O4. The van der Waals surface area contributed by atoms with Gasteiger partial charge in [0.05, 0.1) is 17.5 Å². The lowest BCUT2D eigenvalue weighted by Crippen LogP contribution is -2.43. The number of halogens is 1. The van der Waals surface area contributed by atoms with Gasteiger partial charge in [-0.1, -0.05) is 12.1 Å². The third-order valence-corrected chi connectivity index (χ3v) is 3.92. The molecule has 27 heavy (non-hydrogen) atoms. The summed E-state index contributed by atoms with van der Waals surface area (Å²) in [5, 5.41) is 16.1. The smallest absolute Gasteiger partial charge is 0.292 e. The Labute approximate surface area is 155 Å². The van der Waals surface area contributed by atoms with Crippen LogP contribution < -0.4 is 10.6 Å². The molecule has 0 radical (unpaired) electrons. The van der Waals surface area contributed by atoms with Gasteiger partial charge in [0.15, 0.2) is 0 Å². The fraction of sp³-hybridized carbons (Fsp3) is 0.222. The maximum Gasteiger partial charge on any atom is 0.292 e. The van der Waals surface area contributed by atoms with Crippen molar-refractivity contribution in [1.29, 1.82) is 0 Å². The first-order valence-corrected chi connectivity index (χ1v) is 8.08. The van der Waals surface area contributed by atoms with E-state index in [0.717, 1.165) is 0 Å². The summed E-state index contributed by atoms with van der Waals surface area (Å²) in [5.74, 6) is -1.28. The van der Waals surface area contributed by atoms with Gasteiger partial charge in [0.25, 0.3) is 5.69 Å². The first-order chi connectivity index (χ1) is 12.8. The predicted molar refractivity (Wildman–Crippen MR) is 98.8 cm³/mol. The van der Waals surface area contributed by atoms with E-state index in [0.29, 0.717) is 5.69 Å². The van der Waals surface area contributed by atoms with E-state index in [1.165, 1.54) is 47.4 Å². The van der Waals surface area contributed by atoms with Gasteiger partial charge in [-0.2, -0.15) is 0 Å². The zero-order valence-electron chi connectivity index (χ0n) is 14.8. The van der Waals surface area contributed by atoms with E-state index >= 15 is 0 Å². The molecule has 0 fully saturated rings. The fourth-order valence-electron chi connectivity index (χ4n) is 2.27. The minimum Gasteiger partial charge on any atom is -0.325 e. The zero-order chi connectivity index (χ0) is 20.0. The molecule has 2 N–H and O–H groups in total. The van der Waals surface area contributed by atoms with E-state index in [2.05, 4.69) is 10.6 Å². The van der Waals surface area contributed by atoms with E-state index in [-0.39, 0.29) is 23.8 Å². The number of nitrogens with one attached hydrogen (secondary N) is 2. The molecule has 2 aromatic carbocycles. The number of carbonyl (C=O) groups is 2. The minimum atomic E-state index is -0.719. The highest BCUT2D eigenvalue weighted by Gasteiger charge is 2.23. The molecule has 9 heteroatoms. The Kier molecular flexibility index (Phi) is 6.56. The molecule has 0 aromatic heterocycles. The molecule has 2 rings (SSSR count). The van der Waals surface area contributed by atoms with Gasteiger partial charge in [-0.3, -0.25) is 24.6 Å². The zero-order valence-corrected chi connectivity index (χ0v) is 14.8. The Bertz CT molecular complexity index is 842. The van der Waals surface area contributed by atoms with Crippen LogP contribution in [-0.4, -0.2) is 41.3 Å². The standard InChI is InChI=1S/C18H19FN4O4/c1-12(18(25)21-15-5-3-4-6-16(15)23(26)27)22(2)11-17(24)20-14-9-7-13(19)8-10-14/h3-10,12H,11H2,1-2H3,(H,20,24)(H,21,25)/t12-/m1/s1. The molecule has 0 aliphatic heterocycles. The second-order valence-corrected chi connectivity index (χ2v) is 5.91. The summed E-state index contributed by atoms with van der Waals surface area (Å²) in [6.07, 6.45) is 0. The SMILES string of the molecule is C[C@H](C(=O)Nc1ccccc1[N+](=O)[O-])N(C)CC(=O)Nc1ccc(F)cc1. The number of nitrogens with zero attached hydrogens (tertiary/aromatic N) is 2. The van der Waals surface area contributed by atoms with Gasteiger partial charge in [-0.15, -0.1) is 0 Å². The largest absolute Gasteiger partial charge is 0.325 e. The molecule has 142 valence electrons. The third-order valence-electron chi connectivity index (χ3n) is 3.92. The summed E-state index contributed by atoms with van der Waals surface area (Å²) in [5.41, 5.74) is 0.310. The monoisotopic (exact) mass is 374 g/mol. The highest BCUT2D eigenvalue weighted by Crippen LogP contribution is 2.23. The van der Waals surface area contributed by atoms with Crippen LogP contribution in [0.15, 0.2) is 48.5 Å². The summed E-state index contributed by atoms with van der Waals surface area (Å²) in [6.45, 7) is 1.48. The van der Waals surface area contributed by atoms with Crippen molar-refractivity contribution >= 4 is 28.9 Å². The number of nitro benzene ring substituents is 1. The van der Waals surface area contributed by atoms with Gasteiger partial charge >= 0.3 is 0 Å². The van der Waals surface area contributed by atoms with Crippen LogP contribution in [0, 0.1) is 15.9 Å². The quantitative estimate of drug-likeness (QED) is 0.573. The fourth-order valence-corrected chi connectivity index (χ4v) is 2.27. The lowest BCUT2D eigenvalue weighted by atomic mass is 10.2. The van der Waals surface area contributed by atoms with Gasteiger partial charge in [0, 0.05) is 11.8 Å². The van der Waals surface area contributed by atoms with Crippen LogP contribution in [0.3, 0.4) is 0 Å². The second-order valence-electron chi connectivity index (χ2n) is 5.91. The van der Waals surface area contributed by atoms with E-state index in [9.17, 15) is 24.1 Å². The van der Waals surface area contributed by atoms with Crippen molar-refractivity contribution in [2.75, 3.05) is 24.2 Å². The lowest BCUT2D eigenvalue weighted by molar-refractivity contribution is -0.383. The normalized spacial score (nSPS) is 11.7. The van der Waals surface area contributed by atoms with Crippen molar-refractivity contribution in [1.82, 2.24) is 4.90 Å². The van der Waals surface area contributed by atoms with Gasteiger partial charge in [0.2, 0.25) is 11.8 Å². The van der Waals surface area contributed by atoms with Crippen molar-refractivity contribution in [2.45, 2.75) is 13.0 Å². The first kappa shape index (κ1) is 20.0. The second kappa shape index (κ2) is 8.86. The van der Waals surface area contributed by atoms with Crippen molar-refractivity contribution in [3.63, 3.8) is 0 Å². The van der Waals surface area contributed by atoms with Crippen LogP contribution in [0.25, 0.3) is 0 Å². The number of anilines is 2. The van der Waals surface area contributed by atoms with Crippen molar-refractivity contribution < 1.29 is 18.9 Å². The number of hydrogen-bond donors (Lipinski definition) is 2. The Morgan fingerprint density at radius 1 is 1.15 bits per heavy atom. The lowest BCUT2D eigenvalue weighted by Gasteiger charge is -2.23. The summed E-state index contributed by atoms with van der Waals surface area (Å²) in [4.78, 5) is 36.3. The van der Waals surface area contributed by atoms with Crippen molar-refractivity contribution in [2.24, 2.45) is 0 Å². The van der Waals surface area contributed by atoms with E-state index in [1.807, 2.05) is 0 Å². The molecule has 0 aliphatic carbocycles. The Balaban J connectivity index is 1.94. The van der Waals surface area contributed by atoms with Crippen LogP contribution in [-0.2, 0) is 9.59 Å². The Hall–Kier alpha value is -3.33. The van der Waals surface area contributed by atoms with Gasteiger partial charge in [0.1, 0.15) is 11.5 Å². The van der Waals surface area contributed by atoms with Crippen molar-refractivity contribution in [3.05, 3.63) is 64.5 Å². The summed E-state index contributed by atoms with van der Waals surface area (Å²) in [7, 11) is 1.58. The highest BCUT2D eigenvalue weighted by molar-refractivity contribution is 5.97. The number of benzene rings is 2. The Morgan fingerprint density at radius 3 is 2.41 bits per heavy atom. The molecule has 0 aliphatic rings. The highest BCUT2D eigenvalue weighted by atomic mass is 19.1. The van der Waals surface area contributed by atoms with Crippen molar-refractivity contribution in [3.8, 4) is 0 Å². The van der Waals surface area contributed by atoms with Crippen LogP contribution in [0.2, 0.25) is 0 Å². The number of carbonyl (C=O) groups excluding carboxylic acids is 2. The number of para-hydroxylation sites is 2. The molecule has 0 spiro atoms. The number of nitro groups is 1. The minimum absolute atomic E-state index is 0.0866. The number of amides is 2. The maximum atomic E-state index is 12.9. The number of likely N-dealkylation sites (N-methyl/N-ethyl adjacent to an activating group) is 1. The van der Waals surface area contributed by atoms with Gasteiger partial charge in [-0.05, 0) is 44.3 Å². The number of rotatable bonds is 7. The molecule has 0 saturated carbocycles. The Morgan fingerprint density at radius 2 is 1.78 bits per heavy atom. The maximum absolute atomic E-state index is 12.9. The molecule has 2 aromatic rings. The molecule has 0 heterocycles. The molecule has 0 saturated heterocycles. The third kappa shape index (κ3) is 5.58. The molecule has 8 nitrogen and oxygen atoms in total. The van der Waals surface area contributed by atoms with Crippen LogP contribution in [0.5, 0.6) is 0 Å². The molecule has 2 amide bonds. The average Bonchev–Trinajstić information content (AvgIpc) is 2.63. The molecular weight excluding hydrogens is 355 g/mol. The molecule has 0 bridgehead atoms. The van der Waals surface area contributed by atoms with Gasteiger partial charge in [-0.25, -0.2) is 4.39 Å². The first-order valence-electron chi connectivity index (χ1n) is 8.08. The van der Waals surface area contributed by atoms with Crippen LogP contribution >= 0.6 is 0 Å². The predicted octanol–water partition coefficient (Wildman–Crippen LogP) is 2.63. The molecule has 1 atom stereocenters. The summed E-state index contributed by atoms with van der Waals surface area (Å²) >= 11 is 0. The summed E-state index contributed by atoms with van der Waals surface area (Å²) in [6, 6.07) is 10.4. The summed E-state index contributed by atoms with van der Waals surface area (Å²) < 4.78 is 12.9.